The van der Waals surface area contributed by atoms with E-state index in [0.717, 1.165) is 71.0 Å². The summed E-state index contributed by atoms with van der Waals surface area (Å²) < 4.78 is 0. The van der Waals surface area contributed by atoms with E-state index in [1.807, 2.05) is 0 Å². The van der Waals surface area contributed by atoms with Crippen LogP contribution in [-0.2, 0) is 21.7 Å². The second-order valence-electron chi connectivity index (χ2n) is 49.6. The van der Waals surface area contributed by atoms with Gasteiger partial charge < -0.3 is 19.6 Å². The van der Waals surface area contributed by atoms with E-state index >= 15 is 0 Å². The van der Waals surface area contributed by atoms with Gasteiger partial charge in [0.1, 0.15) is 0 Å². The highest BCUT2D eigenvalue weighted by Crippen LogP contribution is 2.68. The van der Waals surface area contributed by atoms with Crippen molar-refractivity contribution in [2.45, 2.75) is 334 Å². The molecule has 16 aliphatic carbocycles. The average molecular weight is 1740 g/mol. The molecule has 0 amide bonds. The molecule has 28 rings (SSSR count). The van der Waals surface area contributed by atoms with Gasteiger partial charge in [0.25, 0.3) is 0 Å². The molecular formula is C128H150N4. The van der Waals surface area contributed by atoms with Crippen molar-refractivity contribution in [3.8, 4) is 0 Å². The Morgan fingerprint density at radius 3 is 0.500 bits per heavy atom. The lowest BCUT2D eigenvalue weighted by atomic mass is 9.48. The van der Waals surface area contributed by atoms with Gasteiger partial charge in [-0.3, -0.25) is 0 Å². The van der Waals surface area contributed by atoms with Crippen LogP contribution in [0.4, 0.5) is 68.2 Å². The molecule has 4 heteroatoms. The van der Waals surface area contributed by atoms with Gasteiger partial charge in [-0.25, -0.2) is 0 Å². The summed E-state index contributed by atoms with van der Waals surface area (Å²) in [4.78, 5) is 11.5. The van der Waals surface area contributed by atoms with Crippen molar-refractivity contribution < 1.29 is 0 Å². The van der Waals surface area contributed by atoms with Gasteiger partial charge in [0.15, 0.2) is 0 Å². The largest absolute Gasteiger partial charge is 0.309 e. The zero-order valence-electron chi connectivity index (χ0n) is 82.9. The lowest BCUT2D eigenvalue weighted by molar-refractivity contribution is -0.00534. The van der Waals surface area contributed by atoms with Crippen molar-refractivity contribution in [2.75, 3.05) is 19.6 Å². The van der Waals surface area contributed by atoms with Crippen LogP contribution in [-0.4, -0.2) is 0 Å². The topological polar surface area (TPSA) is 13.0 Å². The molecule has 0 spiro atoms. The number of para-hydroxylation sites is 4. The molecule has 0 aliphatic heterocycles. The highest BCUT2D eigenvalue weighted by atomic mass is 15.2. The van der Waals surface area contributed by atoms with Gasteiger partial charge in [0.05, 0.1) is 22.7 Å². The number of hydrogen-bond acceptors (Lipinski definition) is 4. The molecule has 0 radical (unpaired) electrons. The number of rotatable bonds is 24. The molecule has 16 aliphatic rings. The maximum atomic E-state index is 2.87. The Hall–Kier alpha value is -9.12. The van der Waals surface area contributed by atoms with Crippen LogP contribution in [0.25, 0.3) is 32.3 Å². The van der Waals surface area contributed by atoms with Crippen molar-refractivity contribution in [3.63, 3.8) is 0 Å². The summed E-state index contributed by atoms with van der Waals surface area (Å²) in [7, 11) is 0. The average Bonchev–Trinajstić information content (AvgIpc) is 0.687. The molecule has 0 aromatic heterocycles. The van der Waals surface area contributed by atoms with E-state index in [2.05, 4.69) is 337 Å². The molecule has 12 aromatic rings. The lowest BCUT2D eigenvalue weighted by Gasteiger charge is -2.57. The summed E-state index contributed by atoms with van der Waals surface area (Å²) in [6, 6.07) is 87.6. The van der Waals surface area contributed by atoms with Crippen LogP contribution in [0.1, 0.15) is 379 Å². The minimum absolute atomic E-state index is 0.225. The highest BCUT2D eigenvalue weighted by molar-refractivity contribution is 6.33. The normalized spacial score (nSPS) is 28.7. The smallest absolute Gasteiger partial charge is 0.0561 e. The summed E-state index contributed by atoms with van der Waals surface area (Å²) >= 11 is 0. The summed E-state index contributed by atoms with van der Waals surface area (Å²) in [5.74, 6) is 12.0. The standard InChI is InChI=1S/C128H150N4/c1-75(2)99-25-17-21-29-111(99)129(115-41-33-95(57-107(115)79(9)10)125-63-83-45-84(64-125)47-85(46-83)65-125)119-61-120(130(112-30-22-18-26-100(112)76(3)4)116-42-34-96(58-108(116)80(11)12)126-66-86-48-87(67-126)50-88(49-86)68-126)104-39-40-106-122(132(114-32-24-20-28-102(114)78(7)8)118-44-36-98(60-110(118)82(15)16)128-72-92-54-93(73-128)56-94(55-92)74-128)62-121(105-38-37-103(119)123(104)124(105)106)131(113-31-23-19-27-101(113)77(5)6)117-43-35-97(59-109(117)81(13)14)127-69-89-51-90(70-127)53-91(52-89)71-127/h17-44,57-62,75-94H,45-56,63-74H2,1-16H3. The zero-order valence-corrected chi connectivity index (χ0v) is 82.9. The Balaban J connectivity index is 0.856. The number of benzene rings is 12. The Labute approximate surface area is 792 Å². The van der Waals surface area contributed by atoms with Crippen molar-refractivity contribution in [2.24, 2.45) is 71.0 Å². The fourth-order valence-corrected chi connectivity index (χ4v) is 34.0. The molecule has 0 N–H and O–H groups in total. The van der Waals surface area contributed by atoms with Crippen LogP contribution in [0.15, 0.2) is 206 Å². The van der Waals surface area contributed by atoms with Gasteiger partial charge in [0, 0.05) is 77.8 Å². The first kappa shape index (κ1) is 85.8. The van der Waals surface area contributed by atoms with Gasteiger partial charge in [-0.2, -0.15) is 0 Å². The van der Waals surface area contributed by atoms with E-state index in [-0.39, 0.29) is 69.0 Å². The number of nitrogens with zero attached hydrogens (tertiary/aromatic N) is 4. The molecule has 0 unspecified atom stereocenters. The number of anilines is 12. The Bertz CT molecular complexity index is 5560. The Morgan fingerprint density at radius 1 is 0.174 bits per heavy atom. The van der Waals surface area contributed by atoms with Gasteiger partial charge >= 0.3 is 0 Å². The molecule has 16 saturated carbocycles. The maximum Gasteiger partial charge on any atom is 0.0561 e. The van der Waals surface area contributed by atoms with Gasteiger partial charge in [-0.15, -0.1) is 0 Å². The summed E-state index contributed by atoms with van der Waals surface area (Å²) in [5, 5.41) is 7.76. The highest BCUT2D eigenvalue weighted by Gasteiger charge is 2.57. The van der Waals surface area contributed by atoms with Crippen molar-refractivity contribution in [1.82, 2.24) is 0 Å². The van der Waals surface area contributed by atoms with Crippen LogP contribution in [0.2, 0.25) is 0 Å². The molecule has 0 heterocycles. The third-order valence-electron chi connectivity index (χ3n) is 38.1. The van der Waals surface area contributed by atoms with E-state index in [9.17, 15) is 0 Å². The van der Waals surface area contributed by atoms with Crippen LogP contribution in [0.5, 0.6) is 0 Å². The minimum atomic E-state index is 0.225. The molecule has 4 nitrogen and oxygen atoms in total. The predicted molar refractivity (Wildman–Crippen MR) is 561 cm³/mol. The second kappa shape index (κ2) is 32.3. The SMILES string of the molecule is CC(C)c1ccccc1N(c1ccc(C23CC4CC(CC(C4)C2)C3)cc1C(C)C)c1cc(N(c2ccccc2C(C)C)c2ccc(C34CC5CC(CC(C5)C3)C4)cc2C(C)C)c2ccc3c(N(c4ccccc4C(C)C)c4ccc(C56CC7CC(CC(C7)C5)C6)cc4C(C)C)cc(N(c4ccccc4C(C)C)c4ccc(C56CC7CC(CC(C7)C5)C6)cc4C(C)C)c4ccc1c2c43. The number of hydrogen-bond donors (Lipinski definition) is 0. The molecule has 16 fully saturated rings. The summed E-state index contributed by atoms with van der Waals surface area (Å²) in [5.41, 5.74) is 33.8. The quantitative estimate of drug-likeness (QED) is 0.0559. The van der Waals surface area contributed by atoms with Gasteiger partial charge in [-0.1, -0.05) is 256 Å². The van der Waals surface area contributed by atoms with Crippen LogP contribution < -0.4 is 19.6 Å². The van der Waals surface area contributed by atoms with Crippen molar-refractivity contribution in [1.29, 1.82) is 0 Å². The summed E-state index contributed by atoms with van der Waals surface area (Å²) in [6.07, 6.45) is 33.3. The third-order valence-corrected chi connectivity index (χ3v) is 38.1. The van der Waals surface area contributed by atoms with E-state index in [1.54, 1.807) is 22.3 Å². The van der Waals surface area contributed by atoms with Gasteiger partial charge in [-0.05, 0) is 422 Å². The van der Waals surface area contributed by atoms with E-state index < -0.39 is 0 Å². The molecule has 12 aromatic carbocycles. The molecule has 0 atom stereocenters. The zero-order chi connectivity index (χ0) is 90.2. The molecule has 682 valence electrons. The fourth-order valence-electron chi connectivity index (χ4n) is 34.0. The van der Waals surface area contributed by atoms with Crippen molar-refractivity contribution in [3.05, 3.63) is 273 Å². The Morgan fingerprint density at radius 2 is 0.333 bits per heavy atom. The van der Waals surface area contributed by atoms with Crippen LogP contribution >= 0.6 is 0 Å². The van der Waals surface area contributed by atoms with E-state index in [4.69, 9.17) is 0 Å². The van der Waals surface area contributed by atoms with E-state index in [0.29, 0.717) is 0 Å². The maximum absolute atomic E-state index is 2.87. The van der Waals surface area contributed by atoms with Crippen LogP contribution in [0.3, 0.4) is 0 Å². The second-order valence-corrected chi connectivity index (χ2v) is 49.6. The first-order valence-electron chi connectivity index (χ1n) is 53.7. The lowest BCUT2D eigenvalue weighted by Crippen LogP contribution is -2.48. The van der Waals surface area contributed by atoms with E-state index in [1.165, 1.54) is 299 Å². The predicted octanol–water partition coefficient (Wildman–Crippen LogP) is 37.3. The van der Waals surface area contributed by atoms with Gasteiger partial charge in [0.2, 0.25) is 0 Å². The molecule has 132 heavy (non-hydrogen) atoms. The fraction of sp³-hybridized carbons (Fsp3) is 0.500. The monoisotopic (exact) mass is 1740 g/mol. The first-order valence-corrected chi connectivity index (χ1v) is 53.7. The molecule has 16 bridgehead atoms. The minimum Gasteiger partial charge on any atom is -0.309 e. The van der Waals surface area contributed by atoms with Crippen molar-refractivity contribution >= 4 is 101 Å². The van der Waals surface area contributed by atoms with Crippen LogP contribution in [0, 0.1) is 71.0 Å². The molecule has 0 saturated heterocycles. The Kier molecular flexibility index (Phi) is 21.0. The molecular weight excluding hydrogens is 1590 g/mol. The first-order chi connectivity index (χ1) is 63.7. The summed E-state index contributed by atoms with van der Waals surface area (Å²) in [6.45, 7) is 39.8. The third kappa shape index (κ3) is 14.0.